The Kier molecular flexibility index (Phi) is 2.67. The van der Waals surface area contributed by atoms with Gasteiger partial charge in [0.25, 0.3) is 0 Å². The van der Waals surface area contributed by atoms with Crippen molar-refractivity contribution in [2.45, 2.75) is 19.9 Å². The number of carbonyl (C=O) groups excluding carboxylic acids is 1. The van der Waals surface area contributed by atoms with E-state index in [0.717, 1.165) is 0 Å². The third-order valence-electron chi connectivity index (χ3n) is 2.73. The van der Waals surface area contributed by atoms with Crippen LogP contribution in [0.2, 0.25) is 0 Å². The topological polar surface area (TPSA) is 71.7 Å². The molecule has 1 heterocycles. The summed E-state index contributed by atoms with van der Waals surface area (Å²) in [4.78, 5) is 21.7. The fraction of sp³-hybridized carbons (Fsp3) is 0.250. The Morgan fingerprint density at radius 1 is 1.35 bits per heavy atom. The van der Waals surface area contributed by atoms with Gasteiger partial charge in [0, 0.05) is 22.8 Å². The van der Waals surface area contributed by atoms with Gasteiger partial charge in [0.1, 0.15) is 5.75 Å². The van der Waals surface area contributed by atoms with Crippen LogP contribution in [0.25, 0.3) is 10.9 Å². The number of nitrogens with zero attached hydrogens (tertiary/aromatic N) is 2. The lowest BCUT2D eigenvalue weighted by Gasteiger charge is -2.10. The van der Waals surface area contributed by atoms with Crippen molar-refractivity contribution in [2.75, 3.05) is 0 Å². The summed E-state index contributed by atoms with van der Waals surface area (Å²) in [5, 5.41) is 12.8. The molecule has 0 atom stereocenters. The molecule has 0 saturated heterocycles. The predicted molar refractivity (Wildman–Crippen MR) is 64.1 cm³/mol. The highest BCUT2D eigenvalue weighted by Crippen LogP contribution is 2.31. The van der Waals surface area contributed by atoms with Gasteiger partial charge in [0.15, 0.2) is 0 Å². The van der Waals surface area contributed by atoms with E-state index >= 15 is 0 Å². The Bertz CT molecular complexity index is 599. The monoisotopic (exact) mass is 232 g/mol. The number of fused-ring (bicyclic) bond motifs is 1. The number of aromatic nitrogens is 1. The quantitative estimate of drug-likeness (QED) is 0.809. The molecule has 5 heteroatoms. The Balaban J connectivity index is 2.80. The van der Waals surface area contributed by atoms with E-state index in [4.69, 9.17) is 0 Å². The number of nitroso groups, excluding NO2 is 1. The lowest BCUT2D eigenvalue weighted by atomic mass is 10.1. The number of aromatic hydroxyl groups is 1. The number of benzene rings is 1. The lowest BCUT2D eigenvalue weighted by molar-refractivity contribution is 0.100. The average Bonchev–Trinajstić information content (AvgIpc) is 2.74. The molecular weight excluding hydrogens is 220 g/mol. The fourth-order valence-electron chi connectivity index (χ4n) is 1.93. The van der Waals surface area contributed by atoms with Gasteiger partial charge in [-0.2, -0.15) is 0 Å². The van der Waals surface area contributed by atoms with E-state index in [1.165, 1.54) is 12.1 Å². The molecule has 2 aromatic rings. The van der Waals surface area contributed by atoms with Gasteiger partial charge >= 0.3 is 5.91 Å². The predicted octanol–water partition coefficient (Wildman–Crippen LogP) is 2.83. The Morgan fingerprint density at radius 3 is 2.65 bits per heavy atom. The van der Waals surface area contributed by atoms with E-state index in [1.54, 1.807) is 12.3 Å². The number of amides is 1. The van der Waals surface area contributed by atoms with E-state index in [1.807, 2.05) is 18.4 Å². The van der Waals surface area contributed by atoms with Crippen molar-refractivity contribution >= 4 is 16.8 Å². The molecule has 88 valence electrons. The molecular formula is C12H12N2O3. The normalized spacial score (nSPS) is 11.0. The molecule has 2 rings (SSSR count). The zero-order chi connectivity index (χ0) is 12.6. The minimum atomic E-state index is -0.823. The number of hydrogen-bond donors (Lipinski definition) is 1. The summed E-state index contributed by atoms with van der Waals surface area (Å²) < 4.78 is 1.84. The molecule has 1 aromatic heterocycles. The highest BCUT2D eigenvalue weighted by Gasteiger charge is 2.16. The van der Waals surface area contributed by atoms with Crippen molar-refractivity contribution in [2.24, 2.45) is 5.18 Å². The summed E-state index contributed by atoms with van der Waals surface area (Å²) >= 11 is 0. The fourth-order valence-corrected chi connectivity index (χ4v) is 1.93. The highest BCUT2D eigenvalue weighted by molar-refractivity contribution is 6.08. The van der Waals surface area contributed by atoms with Gasteiger partial charge < -0.3 is 9.67 Å². The summed E-state index contributed by atoms with van der Waals surface area (Å²) in [6.07, 6.45) is 1.77. The van der Waals surface area contributed by atoms with E-state index < -0.39 is 5.91 Å². The second kappa shape index (κ2) is 4.01. The zero-order valence-electron chi connectivity index (χ0n) is 9.54. The van der Waals surface area contributed by atoms with Crippen molar-refractivity contribution < 1.29 is 9.90 Å². The molecule has 0 aliphatic heterocycles. The molecule has 0 radical (unpaired) electrons. The van der Waals surface area contributed by atoms with Gasteiger partial charge in [0.05, 0.1) is 11.1 Å². The zero-order valence-corrected chi connectivity index (χ0v) is 9.54. The maximum Gasteiger partial charge on any atom is 0.317 e. The molecule has 0 spiro atoms. The van der Waals surface area contributed by atoms with E-state index in [9.17, 15) is 14.8 Å². The maximum absolute atomic E-state index is 11.3. The van der Waals surface area contributed by atoms with E-state index in [2.05, 4.69) is 5.18 Å². The van der Waals surface area contributed by atoms with Gasteiger partial charge in [0.2, 0.25) is 0 Å². The van der Waals surface area contributed by atoms with Gasteiger partial charge in [-0.1, -0.05) is 0 Å². The molecule has 0 unspecified atom stereocenters. The van der Waals surface area contributed by atoms with E-state index in [0.29, 0.717) is 10.9 Å². The minimum Gasteiger partial charge on any atom is -0.506 e. The molecule has 0 aliphatic rings. The summed E-state index contributed by atoms with van der Waals surface area (Å²) in [5.74, 6) is -0.738. The van der Waals surface area contributed by atoms with Crippen LogP contribution in [-0.2, 0) is 0 Å². The first-order chi connectivity index (χ1) is 8.06. The van der Waals surface area contributed by atoms with Gasteiger partial charge in [-0.15, -0.1) is 4.91 Å². The first-order valence-corrected chi connectivity index (χ1v) is 5.26. The largest absolute Gasteiger partial charge is 0.506 e. The maximum atomic E-state index is 11.3. The van der Waals surface area contributed by atoms with Crippen molar-refractivity contribution in [3.05, 3.63) is 34.9 Å². The van der Waals surface area contributed by atoms with Crippen LogP contribution in [0.1, 0.15) is 30.2 Å². The van der Waals surface area contributed by atoms with Crippen LogP contribution in [0.3, 0.4) is 0 Å². The number of hydrogen-bond acceptors (Lipinski definition) is 3. The van der Waals surface area contributed by atoms with Crippen LogP contribution in [0.15, 0.2) is 29.6 Å². The SMILES string of the molecule is CC(C)n1ccc2c(C(=O)N=O)ccc(O)c21. The molecule has 0 saturated carbocycles. The van der Waals surface area contributed by atoms with Crippen LogP contribution in [0.5, 0.6) is 5.75 Å². The third kappa shape index (κ3) is 1.69. The highest BCUT2D eigenvalue weighted by atomic mass is 16.3. The third-order valence-corrected chi connectivity index (χ3v) is 2.73. The summed E-state index contributed by atoms with van der Waals surface area (Å²) in [7, 11) is 0. The Morgan fingerprint density at radius 2 is 2.06 bits per heavy atom. The van der Waals surface area contributed by atoms with E-state index in [-0.39, 0.29) is 17.4 Å². The Labute approximate surface area is 97.6 Å². The van der Waals surface area contributed by atoms with Crippen LogP contribution in [0, 0.1) is 4.91 Å². The number of rotatable bonds is 2. The molecule has 1 aromatic carbocycles. The number of phenolic OH excluding ortho intramolecular Hbond substituents is 1. The molecule has 0 aliphatic carbocycles. The molecule has 0 bridgehead atoms. The minimum absolute atomic E-state index is 0.0844. The van der Waals surface area contributed by atoms with Crippen LogP contribution in [-0.4, -0.2) is 15.6 Å². The molecule has 0 fully saturated rings. The van der Waals surface area contributed by atoms with Crippen molar-refractivity contribution in [3.63, 3.8) is 0 Å². The van der Waals surface area contributed by atoms with Gasteiger partial charge in [-0.05, 0) is 32.0 Å². The van der Waals surface area contributed by atoms with Crippen LogP contribution >= 0.6 is 0 Å². The molecule has 5 nitrogen and oxygen atoms in total. The van der Waals surface area contributed by atoms with Crippen LogP contribution < -0.4 is 0 Å². The van der Waals surface area contributed by atoms with Gasteiger partial charge in [-0.3, -0.25) is 4.79 Å². The average molecular weight is 232 g/mol. The van der Waals surface area contributed by atoms with Gasteiger partial charge in [-0.25, -0.2) is 0 Å². The van der Waals surface area contributed by atoms with Crippen molar-refractivity contribution in [1.29, 1.82) is 0 Å². The first-order valence-electron chi connectivity index (χ1n) is 5.26. The molecule has 17 heavy (non-hydrogen) atoms. The second-order valence-electron chi connectivity index (χ2n) is 4.11. The smallest absolute Gasteiger partial charge is 0.317 e. The second-order valence-corrected chi connectivity index (χ2v) is 4.11. The summed E-state index contributed by atoms with van der Waals surface area (Å²) in [6.45, 7) is 3.93. The molecule has 1 N–H and O–H groups in total. The summed E-state index contributed by atoms with van der Waals surface area (Å²) in [6, 6.07) is 4.66. The van der Waals surface area contributed by atoms with Crippen molar-refractivity contribution in [1.82, 2.24) is 4.57 Å². The summed E-state index contributed by atoms with van der Waals surface area (Å²) in [5.41, 5.74) is 0.765. The number of phenols is 1. The standard InChI is InChI=1S/C12H12N2O3/c1-7(2)14-6-5-8-9(12(16)13-17)3-4-10(15)11(8)14/h3-7,15H,1-2H3. The number of carbonyl (C=O) groups is 1. The Hall–Kier alpha value is -2.17. The first kappa shape index (κ1) is 11.3. The van der Waals surface area contributed by atoms with Crippen molar-refractivity contribution in [3.8, 4) is 5.75 Å². The lowest BCUT2D eigenvalue weighted by Crippen LogP contribution is -2.00. The molecule has 1 amide bonds. The van der Waals surface area contributed by atoms with Crippen LogP contribution in [0.4, 0.5) is 0 Å².